The fourth-order valence-electron chi connectivity index (χ4n) is 4.16. The SMILES string of the molecule is CC(C)(C)OC(=O)N1CCN(CCOc2ccc(Cc3ccc(Nc4ccnnc4C(=O)O)cc3)cc2)CC1.[H-].[Na+]. The van der Waals surface area contributed by atoms with Gasteiger partial charge in [0.1, 0.15) is 18.0 Å². The second kappa shape index (κ2) is 14.5. The molecule has 208 valence electrons. The summed E-state index contributed by atoms with van der Waals surface area (Å²) in [5.41, 5.74) is 2.85. The fourth-order valence-corrected chi connectivity index (χ4v) is 4.16. The zero-order chi connectivity index (χ0) is 27.8. The maximum Gasteiger partial charge on any atom is 1.00 e. The maximum absolute atomic E-state index is 12.2. The van der Waals surface area contributed by atoms with Crippen molar-refractivity contribution in [2.24, 2.45) is 0 Å². The van der Waals surface area contributed by atoms with E-state index in [1.54, 1.807) is 11.0 Å². The summed E-state index contributed by atoms with van der Waals surface area (Å²) in [4.78, 5) is 27.6. The summed E-state index contributed by atoms with van der Waals surface area (Å²) in [6.45, 7) is 9.94. The van der Waals surface area contributed by atoms with Gasteiger partial charge in [0.05, 0.1) is 11.9 Å². The Morgan fingerprint density at radius 1 is 0.975 bits per heavy atom. The molecule has 1 aliphatic rings. The molecule has 2 heterocycles. The van der Waals surface area contributed by atoms with Gasteiger partial charge in [-0.25, -0.2) is 9.59 Å². The number of carbonyl (C=O) groups excluding carboxylic acids is 1. The summed E-state index contributed by atoms with van der Waals surface area (Å²) in [6, 6.07) is 17.5. The number of ether oxygens (including phenoxy) is 2. The number of benzene rings is 2. The van der Waals surface area contributed by atoms with Crippen molar-refractivity contribution in [3.8, 4) is 5.75 Å². The summed E-state index contributed by atoms with van der Waals surface area (Å²) >= 11 is 0. The van der Waals surface area contributed by atoms with Crippen molar-refractivity contribution in [1.29, 1.82) is 0 Å². The molecule has 1 aliphatic heterocycles. The van der Waals surface area contributed by atoms with Gasteiger partial charge in [-0.3, -0.25) is 4.90 Å². The van der Waals surface area contributed by atoms with Crippen molar-refractivity contribution in [2.75, 3.05) is 44.6 Å². The number of hydrogen-bond donors (Lipinski definition) is 2. The number of piperazine rings is 1. The molecular weight excluding hydrogens is 521 g/mol. The van der Waals surface area contributed by atoms with Crippen molar-refractivity contribution < 1.29 is 55.2 Å². The van der Waals surface area contributed by atoms with E-state index in [2.05, 4.69) is 32.5 Å². The van der Waals surface area contributed by atoms with Crippen LogP contribution in [0.4, 0.5) is 16.2 Å². The van der Waals surface area contributed by atoms with E-state index in [-0.39, 0.29) is 42.8 Å². The monoisotopic (exact) mass is 557 g/mol. The summed E-state index contributed by atoms with van der Waals surface area (Å²) in [6.07, 6.45) is 1.97. The van der Waals surface area contributed by atoms with E-state index in [9.17, 15) is 14.7 Å². The first-order chi connectivity index (χ1) is 18.7. The Morgan fingerprint density at radius 2 is 1.60 bits per heavy atom. The first-order valence-electron chi connectivity index (χ1n) is 13.0. The van der Waals surface area contributed by atoms with Gasteiger partial charge in [-0.1, -0.05) is 24.3 Å². The molecule has 0 bridgehead atoms. The predicted molar refractivity (Wildman–Crippen MR) is 149 cm³/mol. The van der Waals surface area contributed by atoms with E-state index in [1.165, 1.54) is 6.20 Å². The standard InChI is InChI=1S/C29H35N5O5.Na.H/c1-29(2,3)39-28(37)34-16-14-33(15-17-34)18-19-38-24-10-6-22(7-11-24)20-21-4-8-23(9-5-21)31-25-12-13-30-32-26(25)27(35)36;;/h4-13H,14-20H2,1-3H3,(H,30,31)(H,35,36);;/q;+1;-1. The Hall–Kier alpha value is -3.18. The summed E-state index contributed by atoms with van der Waals surface area (Å²) in [5, 5.41) is 19.7. The van der Waals surface area contributed by atoms with Crippen molar-refractivity contribution >= 4 is 23.4 Å². The predicted octanol–water partition coefficient (Wildman–Crippen LogP) is 1.56. The molecule has 2 N–H and O–H groups in total. The van der Waals surface area contributed by atoms with Crippen molar-refractivity contribution in [3.05, 3.63) is 77.6 Å². The van der Waals surface area contributed by atoms with Gasteiger partial charge in [0, 0.05) is 38.4 Å². The second-order valence-corrected chi connectivity index (χ2v) is 10.4. The molecule has 1 aromatic heterocycles. The molecule has 11 heteroatoms. The Labute approximate surface area is 258 Å². The van der Waals surface area contributed by atoms with Gasteiger partial charge in [-0.05, 0) is 68.7 Å². The summed E-state index contributed by atoms with van der Waals surface area (Å²) in [7, 11) is 0. The van der Waals surface area contributed by atoms with Crippen LogP contribution in [0.3, 0.4) is 0 Å². The van der Waals surface area contributed by atoms with Crippen LogP contribution in [0.15, 0.2) is 60.8 Å². The number of carboxylic acid groups (broad SMARTS) is 1. The van der Waals surface area contributed by atoms with Crippen LogP contribution in [0.2, 0.25) is 0 Å². The third-order valence-corrected chi connectivity index (χ3v) is 6.19. The fraction of sp³-hybridized carbons (Fsp3) is 0.379. The van der Waals surface area contributed by atoms with Crippen molar-refractivity contribution in [2.45, 2.75) is 32.8 Å². The van der Waals surface area contributed by atoms with Crippen molar-refractivity contribution in [1.82, 2.24) is 20.0 Å². The van der Waals surface area contributed by atoms with E-state index in [4.69, 9.17) is 9.47 Å². The summed E-state index contributed by atoms with van der Waals surface area (Å²) in [5.74, 6) is -0.307. The Kier molecular flexibility index (Phi) is 11.3. The Morgan fingerprint density at radius 3 is 2.20 bits per heavy atom. The van der Waals surface area contributed by atoms with Gasteiger partial charge in [-0.2, -0.15) is 5.10 Å². The third-order valence-electron chi connectivity index (χ3n) is 6.19. The maximum atomic E-state index is 12.2. The molecule has 0 saturated carbocycles. The van der Waals surface area contributed by atoms with E-state index in [0.29, 0.717) is 25.4 Å². The normalized spacial score (nSPS) is 13.7. The van der Waals surface area contributed by atoms with Crippen LogP contribution in [0.5, 0.6) is 5.75 Å². The number of rotatable bonds is 9. The van der Waals surface area contributed by atoms with E-state index >= 15 is 0 Å². The molecular formula is C29H36N5NaO5. The molecule has 0 atom stereocenters. The molecule has 10 nitrogen and oxygen atoms in total. The molecule has 0 spiro atoms. The molecule has 1 amide bonds. The molecule has 0 unspecified atom stereocenters. The van der Waals surface area contributed by atoms with Gasteiger partial charge in [0.25, 0.3) is 0 Å². The van der Waals surface area contributed by atoms with Gasteiger partial charge < -0.3 is 26.2 Å². The van der Waals surface area contributed by atoms with Gasteiger partial charge >= 0.3 is 41.6 Å². The van der Waals surface area contributed by atoms with Gasteiger partial charge in [-0.15, -0.1) is 5.10 Å². The smallest absolute Gasteiger partial charge is 1.00 e. The van der Waals surface area contributed by atoms with Crippen LogP contribution in [0.1, 0.15) is 43.8 Å². The van der Waals surface area contributed by atoms with Crippen LogP contribution < -0.4 is 39.6 Å². The van der Waals surface area contributed by atoms with E-state index in [1.807, 2.05) is 57.2 Å². The van der Waals surface area contributed by atoms with E-state index in [0.717, 1.165) is 48.6 Å². The molecule has 0 aliphatic carbocycles. The van der Waals surface area contributed by atoms with Crippen LogP contribution >= 0.6 is 0 Å². The first kappa shape index (κ1) is 31.3. The van der Waals surface area contributed by atoms with Crippen LogP contribution in [-0.2, 0) is 11.2 Å². The van der Waals surface area contributed by atoms with E-state index < -0.39 is 11.6 Å². The average molecular weight is 558 g/mol. The topological polar surface area (TPSA) is 117 Å². The largest absolute Gasteiger partial charge is 1.00 e. The number of nitrogens with one attached hydrogen (secondary N) is 1. The van der Waals surface area contributed by atoms with Gasteiger partial charge in [0.2, 0.25) is 0 Å². The molecule has 2 aromatic carbocycles. The first-order valence-corrected chi connectivity index (χ1v) is 13.0. The number of aromatic nitrogens is 2. The number of nitrogens with zero attached hydrogens (tertiary/aromatic N) is 4. The number of hydrogen-bond acceptors (Lipinski definition) is 8. The molecule has 4 rings (SSSR count). The minimum Gasteiger partial charge on any atom is -1.00 e. The minimum absolute atomic E-state index is 0. The zero-order valence-corrected chi connectivity index (χ0v) is 25.6. The quantitative estimate of drug-likeness (QED) is 0.378. The molecule has 1 saturated heterocycles. The molecule has 3 aromatic rings. The van der Waals surface area contributed by atoms with Crippen LogP contribution in [0, 0.1) is 0 Å². The number of anilines is 2. The minimum atomic E-state index is -1.13. The van der Waals surface area contributed by atoms with Crippen LogP contribution in [-0.4, -0.2) is 82.1 Å². The molecule has 1 fully saturated rings. The Balaban J connectivity index is 0.00000294. The molecule has 40 heavy (non-hydrogen) atoms. The zero-order valence-electron chi connectivity index (χ0n) is 24.6. The number of amides is 1. The van der Waals surface area contributed by atoms with Gasteiger partial charge in [0.15, 0.2) is 5.69 Å². The average Bonchev–Trinajstić information content (AvgIpc) is 2.90. The van der Waals surface area contributed by atoms with Crippen molar-refractivity contribution in [3.63, 3.8) is 0 Å². The third kappa shape index (κ3) is 9.48. The number of carbonyl (C=O) groups is 2. The molecule has 0 radical (unpaired) electrons. The second-order valence-electron chi connectivity index (χ2n) is 10.4. The number of aromatic carboxylic acids is 1. The number of carboxylic acids is 1. The summed E-state index contributed by atoms with van der Waals surface area (Å²) < 4.78 is 11.4. The van der Waals surface area contributed by atoms with Crippen LogP contribution in [0.25, 0.3) is 0 Å². The Bertz CT molecular complexity index is 1260.